The van der Waals surface area contributed by atoms with E-state index in [4.69, 9.17) is 0 Å². The van der Waals surface area contributed by atoms with Crippen LogP contribution in [0.4, 0.5) is 10.1 Å². The highest BCUT2D eigenvalue weighted by Crippen LogP contribution is 2.68. The summed E-state index contributed by atoms with van der Waals surface area (Å²) in [5, 5.41) is 1.06. The number of aromatic amines is 1. The molecule has 2 saturated carbocycles. The molecule has 3 fully saturated rings. The van der Waals surface area contributed by atoms with Crippen LogP contribution in [0.25, 0.3) is 0 Å². The first-order valence-electron chi connectivity index (χ1n) is 11.2. The molecule has 3 heterocycles. The third kappa shape index (κ3) is 2.80. The van der Waals surface area contributed by atoms with Crippen LogP contribution in [0.5, 0.6) is 0 Å². The van der Waals surface area contributed by atoms with E-state index in [0.717, 1.165) is 26.4 Å². The Morgan fingerprint density at radius 3 is 2.32 bits per heavy atom. The molecule has 0 spiro atoms. The van der Waals surface area contributed by atoms with E-state index in [9.17, 15) is 18.8 Å². The van der Waals surface area contributed by atoms with Crippen LogP contribution in [-0.2, 0) is 9.59 Å². The van der Waals surface area contributed by atoms with Crippen molar-refractivity contribution in [3.63, 3.8) is 0 Å². The van der Waals surface area contributed by atoms with Crippen molar-refractivity contribution in [2.75, 3.05) is 4.90 Å². The zero-order valence-corrected chi connectivity index (χ0v) is 20.8. The third-order valence-corrected chi connectivity index (χ3v) is 11.2. The van der Waals surface area contributed by atoms with Crippen LogP contribution in [0.1, 0.15) is 22.8 Å². The Labute approximate surface area is 210 Å². The first-order valence-corrected chi connectivity index (χ1v) is 13.7. The fraction of sp³-hybridized carbons (Fsp3) is 0.320. The summed E-state index contributed by atoms with van der Waals surface area (Å²) in [5.41, 5.74) is 1.57. The molecule has 4 aliphatic rings. The third-order valence-electron chi connectivity index (χ3n) is 8.04. The number of nitrogens with one attached hydrogen (secondary N) is 1. The maximum Gasteiger partial charge on any atom is 0.305 e. The summed E-state index contributed by atoms with van der Waals surface area (Å²) in [6.45, 7) is 0. The number of nitrogens with zero attached hydrogens (tertiary/aromatic N) is 1. The molecule has 2 amide bonds. The minimum absolute atomic E-state index is 0.0111. The van der Waals surface area contributed by atoms with Gasteiger partial charge in [0.15, 0.2) is 0 Å². The van der Waals surface area contributed by atoms with Gasteiger partial charge in [0.2, 0.25) is 11.8 Å². The summed E-state index contributed by atoms with van der Waals surface area (Å²) in [7, 11) is 0. The normalized spacial score (nSPS) is 33.2. The summed E-state index contributed by atoms with van der Waals surface area (Å²) < 4.78 is 14.5. The Hall–Kier alpha value is -2.23. The number of carbonyl (C=O) groups is 2. The molecule has 5 nitrogen and oxygen atoms in total. The average Bonchev–Trinajstić information content (AvgIpc) is 3.54. The number of anilines is 1. The summed E-state index contributed by atoms with van der Waals surface area (Å²) >= 11 is 6.45. The van der Waals surface area contributed by atoms with Gasteiger partial charge in [-0.2, -0.15) is 0 Å². The molecule has 1 saturated heterocycles. The first kappa shape index (κ1) is 21.1. The fourth-order valence-electron chi connectivity index (χ4n) is 6.90. The molecule has 2 aliphatic heterocycles. The van der Waals surface area contributed by atoms with E-state index in [0.29, 0.717) is 5.69 Å². The van der Waals surface area contributed by atoms with Gasteiger partial charge in [-0.15, -0.1) is 11.8 Å². The van der Waals surface area contributed by atoms with E-state index in [2.05, 4.69) is 33.0 Å². The summed E-state index contributed by atoms with van der Waals surface area (Å²) in [4.78, 5) is 44.7. The number of amides is 2. The van der Waals surface area contributed by atoms with Crippen molar-refractivity contribution in [3.05, 3.63) is 78.9 Å². The number of hydrogen-bond donors (Lipinski definition) is 1. The van der Waals surface area contributed by atoms with E-state index < -0.39 is 5.82 Å². The summed E-state index contributed by atoms with van der Waals surface area (Å²) in [5.74, 6) is -1.14. The second-order valence-corrected chi connectivity index (χ2v) is 12.6. The van der Waals surface area contributed by atoms with E-state index in [1.165, 1.54) is 40.5 Å². The van der Waals surface area contributed by atoms with Gasteiger partial charge >= 0.3 is 4.87 Å². The Morgan fingerprint density at radius 1 is 0.941 bits per heavy atom. The van der Waals surface area contributed by atoms with Gasteiger partial charge < -0.3 is 4.98 Å². The molecule has 1 aromatic heterocycles. The number of thioether (sulfide) groups is 1. The van der Waals surface area contributed by atoms with E-state index in [-0.39, 0.29) is 57.4 Å². The van der Waals surface area contributed by atoms with Crippen LogP contribution >= 0.6 is 39.0 Å². The van der Waals surface area contributed by atoms with Crippen LogP contribution in [0, 0.1) is 35.4 Å². The van der Waals surface area contributed by atoms with Crippen LogP contribution in [0.2, 0.25) is 0 Å². The Bertz CT molecular complexity index is 1400. The van der Waals surface area contributed by atoms with Gasteiger partial charge in [-0.3, -0.25) is 19.3 Å². The smallest absolute Gasteiger partial charge is 0.305 e. The van der Waals surface area contributed by atoms with Gasteiger partial charge in [0.25, 0.3) is 0 Å². The molecule has 7 rings (SSSR count). The van der Waals surface area contributed by atoms with Crippen molar-refractivity contribution in [1.82, 2.24) is 4.98 Å². The number of thiazole rings is 1. The predicted molar refractivity (Wildman–Crippen MR) is 132 cm³/mol. The number of halogens is 2. The quantitative estimate of drug-likeness (QED) is 0.450. The fourth-order valence-corrected chi connectivity index (χ4v) is 10.1. The van der Waals surface area contributed by atoms with Crippen LogP contribution in [-0.4, -0.2) is 22.0 Å². The number of aromatic nitrogens is 1. The van der Waals surface area contributed by atoms with Crippen LogP contribution < -0.4 is 9.77 Å². The zero-order chi connectivity index (χ0) is 23.3. The van der Waals surface area contributed by atoms with E-state index >= 15 is 0 Å². The van der Waals surface area contributed by atoms with Crippen molar-refractivity contribution in [3.8, 4) is 0 Å². The van der Waals surface area contributed by atoms with E-state index in [1.54, 1.807) is 11.8 Å². The topological polar surface area (TPSA) is 70.2 Å². The van der Waals surface area contributed by atoms with Gasteiger partial charge in [-0.05, 0) is 66.1 Å². The van der Waals surface area contributed by atoms with Crippen molar-refractivity contribution < 1.29 is 14.0 Å². The number of fused-ring (bicyclic) bond motifs is 9. The summed E-state index contributed by atoms with van der Waals surface area (Å²) in [6.07, 6.45) is 0.846. The van der Waals surface area contributed by atoms with Gasteiger partial charge in [0, 0.05) is 20.5 Å². The maximum absolute atomic E-state index is 13.6. The molecule has 0 radical (unpaired) electrons. The molecule has 34 heavy (non-hydrogen) atoms. The SMILES string of the molecule is O=C1[C@H]2[C@H]3C[C@@H]([C@@H]2C(=O)N1c1ccc(F)cc1)[C@H]1[C@H](c2ccc(Br)cc2)c2sc(=O)[nH]c2S[C@H]31. The van der Waals surface area contributed by atoms with Gasteiger partial charge in [0.05, 0.1) is 22.5 Å². The lowest BCUT2D eigenvalue weighted by molar-refractivity contribution is -0.123. The van der Waals surface area contributed by atoms with Crippen LogP contribution in [0.3, 0.4) is 0 Å². The Balaban J connectivity index is 1.32. The molecule has 9 heteroatoms. The lowest BCUT2D eigenvalue weighted by Gasteiger charge is -2.43. The van der Waals surface area contributed by atoms with E-state index in [1.807, 2.05) is 12.1 Å². The molecule has 1 N–H and O–H groups in total. The second kappa shape index (κ2) is 7.38. The predicted octanol–water partition coefficient (Wildman–Crippen LogP) is 5.02. The first-order chi connectivity index (χ1) is 16.4. The van der Waals surface area contributed by atoms with Crippen molar-refractivity contribution in [2.24, 2.45) is 29.6 Å². The van der Waals surface area contributed by atoms with Gasteiger partial charge in [-0.25, -0.2) is 4.39 Å². The van der Waals surface area contributed by atoms with Crippen molar-refractivity contribution in [2.45, 2.75) is 22.6 Å². The minimum atomic E-state index is -0.400. The highest BCUT2D eigenvalue weighted by molar-refractivity contribution is 9.10. The number of imide groups is 1. The molecule has 2 aromatic carbocycles. The van der Waals surface area contributed by atoms with Crippen molar-refractivity contribution >= 4 is 56.5 Å². The molecule has 7 atom stereocenters. The highest BCUT2D eigenvalue weighted by atomic mass is 79.9. The average molecular weight is 557 g/mol. The number of hydrogen-bond acceptors (Lipinski definition) is 5. The van der Waals surface area contributed by atoms with Crippen LogP contribution in [0.15, 0.2) is 62.8 Å². The highest BCUT2D eigenvalue weighted by Gasteiger charge is 2.69. The number of H-pyrrole nitrogens is 1. The molecule has 0 unspecified atom stereocenters. The molecule has 2 aliphatic carbocycles. The lowest BCUT2D eigenvalue weighted by atomic mass is 9.68. The zero-order valence-electron chi connectivity index (χ0n) is 17.6. The summed E-state index contributed by atoms with van der Waals surface area (Å²) in [6, 6.07) is 13.8. The number of benzene rings is 2. The molecule has 2 bridgehead atoms. The number of carbonyl (C=O) groups excluding carboxylic acids is 2. The minimum Gasteiger partial charge on any atom is -0.307 e. The van der Waals surface area contributed by atoms with Gasteiger partial charge in [-0.1, -0.05) is 39.4 Å². The number of rotatable bonds is 2. The van der Waals surface area contributed by atoms with Crippen molar-refractivity contribution in [1.29, 1.82) is 0 Å². The molecular weight excluding hydrogens is 539 g/mol. The standard InChI is InChI=1S/C25H18BrFN2O3S2/c26-11-3-1-10(2-4-11)16-17-14-9-15(20(17)33-22-21(16)34-25(32)28-22)19-18(14)23(30)29(24(19)31)13-7-5-12(27)6-8-13/h1-8,14-20H,9H2,(H,28,32)/t14-,15-,16+,17+,18+,19+,20-/m1/s1. The Morgan fingerprint density at radius 2 is 1.62 bits per heavy atom. The lowest BCUT2D eigenvalue weighted by Crippen LogP contribution is -2.42. The molecule has 172 valence electrons. The molecule has 3 aromatic rings. The second-order valence-electron chi connectivity index (χ2n) is 9.50. The maximum atomic E-state index is 13.6. The van der Waals surface area contributed by atoms with Gasteiger partial charge in [0.1, 0.15) is 5.82 Å². The Kier molecular flexibility index (Phi) is 4.58. The largest absolute Gasteiger partial charge is 0.307 e. The molecular formula is C25H18BrFN2O3S2. The monoisotopic (exact) mass is 556 g/mol.